The zero-order valence-corrected chi connectivity index (χ0v) is 30.5. The number of rotatable bonds is 10. The molecule has 0 saturated carbocycles. The first-order chi connectivity index (χ1) is 26.8. The molecular weight excluding hydrogens is 697 g/mol. The van der Waals surface area contributed by atoms with Crippen molar-refractivity contribution in [2.75, 3.05) is 37.6 Å². The van der Waals surface area contributed by atoms with Gasteiger partial charge in [0.25, 0.3) is 17.5 Å². The highest BCUT2D eigenvalue weighted by Gasteiger charge is 2.40. The summed E-state index contributed by atoms with van der Waals surface area (Å²) in [4.78, 5) is 43.0. The van der Waals surface area contributed by atoms with Gasteiger partial charge in [-0.15, -0.1) is 0 Å². The fourth-order valence-corrected chi connectivity index (χ4v) is 7.87. The summed E-state index contributed by atoms with van der Waals surface area (Å²) in [6.45, 7) is 6.23. The van der Waals surface area contributed by atoms with E-state index in [0.717, 1.165) is 65.2 Å². The Balaban J connectivity index is 0.995. The van der Waals surface area contributed by atoms with Gasteiger partial charge in [0, 0.05) is 62.0 Å². The van der Waals surface area contributed by atoms with E-state index < -0.39 is 6.29 Å². The predicted octanol–water partition coefficient (Wildman–Crippen LogP) is 7.16. The Labute approximate surface area is 319 Å². The summed E-state index contributed by atoms with van der Waals surface area (Å²) in [5.74, 6) is -0.543. The minimum Gasteiger partial charge on any atom is -0.392 e. The Bertz CT molecular complexity index is 2150. The van der Waals surface area contributed by atoms with Crippen molar-refractivity contribution in [3.05, 3.63) is 165 Å². The number of nitro groups is 1. The monoisotopic (exact) mass is 738 g/mol. The molecule has 280 valence electrons. The van der Waals surface area contributed by atoms with E-state index in [9.17, 15) is 24.8 Å². The maximum Gasteiger partial charge on any atom is 0.269 e. The lowest BCUT2D eigenvalue weighted by molar-refractivity contribution is -0.384. The van der Waals surface area contributed by atoms with Gasteiger partial charge in [-0.3, -0.25) is 29.5 Å². The Morgan fingerprint density at radius 2 is 1.33 bits per heavy atom. The van der Waals surface area contributed by atoms with Crippen LogP contribution in [-0.4, -0.2) is 70.5 Å². The van der Waals surface area contributed by atoms with Gasteiger partial charge >= 0.3 is 0 Å². The van der Waals surface area contributed by atoms with Crippen LogP contribution in [0.15, 0.2) is 121 Å². The molecular formula is C44H42N4O7. The molecule has 1 N–H and O–H groups in total. The third-order valence-electron chi connectivity index (χ3n) is 11.1. The van der Waals surface area contributed by atoms with E-state index in [2.05, 4.69) is 16.7 Å². The smallest absolute Gasteiger partial charge is 0.269 e. The minimum absolute atomic E-state index is 0.0252. The summed E-state index contributed by atoms with van der Waals surface area (Å²) in [6.07, 6.45) is -1.03. The van der Waals surface area contributed by atoms with E-state index in [-0.39, 0.29) is 53.7 Å². The van der Waals surface area contributed by atoms with Gasteiger partial charge in [0.1, 0.15) is 0 Å². The molecule has 0 spiro atoms. The van der Waals surface area contributed by atoms with Crippen molar-refractivity contribution in [2.24, 2.45) is 5.92 Å². The first-order valence-electron chi connectivity index (χ1n) is 18.6. The highest BCUT2D eigenvalue weighted by Crippen LogP contribution is 2.42. The summed E-state index contributed by atoms with van der Waals surface area (Å²) in [5, 5.41) is 20.8. The van der Waals surface area contributed by atoms with Crippen LogP contribution in [0.4, 0.5) is 11.4 Å². The summed E-state index contributed by atoms with van der Waals surface area (Å²) < 4.78 is 13.5. The number of hydrogen-bond acceptors (Lipinski definition) is 9. The van der Waals surface area contributed by atoms with Crippen LogP contribution < -0.4 is 4.90 Å². The lowest BCUT2D eigenvalue weighted by Gasteiger charge is -2.44. The molecule has 4 unspecified atom stereocenters. The van der Waals surface area contributed by atoms with Gasteiger partial charge in [-0.05, 0) is 52.1 Å². The molecule has 0 bridgehead atoms. The van der Waals surface area contributed by atoms with Crippen LogP contribution >= 0.6 is 0 Å². The number of imide groups is 1. The molecule has 11 heteroatoms. The molecule has 2 fully saturated rings. The largest absolute Gasteiger partial charge is 0.392 e. The zero-order chi connectivity index (χ0) is 38.1. The minimum atomic E-state index is -0.632. The zero-order valence-electron chi connectivity index (χ0n) is 30.5. The quantitative estimate of drug-likeness (QED) is 0.0903. The van der Waals surface area contributed by atoms with E-state index in [1.165, 1.54) is 4.90 Å². The van der Waals surface area contributed by atoms with Crippen LogP contribution in [0, 0.1) is 16.0 Å². The Hall–Kier alpha value is -5.72. The second-order valence-electron chi connectivity index (χ2n) is 14.4. The summed E-state index contributed by atoms with van der Waals surface area (Å²) in [6, 6.07) is 37.4. The first kappa shape index (κ1) is 36.3. The molecule has 4 atom stereocenters. The first-order valence-corrected chi connectivity index (χ1v) is 18.6. The standard InChI is InChI=1S/C44H42N4O7/c1-29-40(27-45-22-24-46(25-23-45)35-18-20-36(21-19-35)48(52)53)54-44(55-41(29)32-12-10-30(28-49)11-13-32)33-16-14-31(15-17-33)37-7-3-2-6-34(37)26-47-42(50)38-8-4-5-9-39(38)43(47)51/h2-21,29,40-41,44,49H,22-28H2,1H3. The Morgan fingerprint density at radius 1 is 0.727 bits per heavy atom. The number of hydrogen-bond donors (Lipinski definition) is 1. The van der Waals surface area contributed by atoms with Crippen LogP contribution in [-0.2, 0) is 22.6 Å². The Kier molecular flexibility index (Phi) is 10.3. The van der Waals surface area contributed by atoms with Crippen molar-refractivity contribution in [1.82, 2.24) is 9.80 Å². The van der Waals surface area contributed by atoms with E-state index >= 15 is 0 Å². The second-order valence-corrected chi connectivity index (χ2v) is 14.4. The van der Waals surface area contributed by atoms with E-state index in [0.29, 0.717) is 17.7 Å². The number of amides is 2. The molecule has 8 rings (SSSR count). The van der Waals surface area contributed by atoms with Gasteiger partial charge in [-0.1, -0.05) is 91.9 Å². The van der Waals surface area contributed by atoms with Crippen molar-refractivity contribution in [1.29, 1.82) is 0 Å². The third-order valence-corrected chi connectivity index (χ3v) is 11.1. The number of anilines is 1. The van der Waals surface area contributed by atoms with Crippen molar-refractivity contribution >= 4 is 23.2 Å². The average molecular weight is 739 g/mol. The highest BCUT2D eigenvalue weighted by atomic mass is 16.7. The molecule has 5 aromatic carbocycles. The van der Waals surface area contributed by atoms with Crippen LogP contribution in [0.3, 0.4) is 0 Å². The molecule has 3 heterocycles. The fourth-order valence-electron chi connectivity index (χ4n) is 7.87. The highest BCUT2D eigenvalue weighted by molar-refractivity contribution is 6.21. The molecule has 5 aromatic rings. The summed E-state index contributed by atoms with van der Waals surface area (Å²) in [7, 11) is 0. The summed E-state index contributed by atoms with van der Waals surface area (Å²) >= 11 is 0. The third kappa shape index (κ3) is 7.39. The van der Waals surface area contributed by atoms with Crippen LogP contribution in [0.25, 0.3) is 11.1 Å². The number of carbonyl (C=O) groups is 2. The van der Waals surface area contributed by atoms with Gasteiger partial charge in [-0.25, -0.2) is 0 Å². The van der Waals surface area contributed by atoms with Crippen molar-refractivity contribution < 1.29 is 29.1 Å². The van der Waals surface area contributed by atoms with Crippen LogP contribution in [0.5, 0.6) is 0 Å². The molecule has 2 saturated heterocycles. The molecule has 55 heavy (non-hydrogen) atoms. The van der Waals surface area contributed by atoms with E-state index in [1.807, 2.05) is 84.9 Å². The molecule has 0 aromatic heterocycles. The Morgan fingerprint density at radius 3 is 1.95 bits per heavy atom. The number of piperazine rings is 1. The van der Waals surface area contributed by atoms with Gasteiger partial charge < -0.3 is 19.5 Å². The van der Waals surface area contributed by atoms with Crippen molar-refractivity contribution in [3.63, 3.8) is 0 Å². The van der Waals surface area contributed by atoms with Gasteiger partial charge in [0.2, 0.25) is 0 Å². The molecule has 0 aliphatic carbocycles. The maximum absolute atomic E-state index is 13.2. The van der Waals surface area contributed by atoms with Crippen molar-refractivity contribution in [2.45, 2.75) is 38.6 Å². The van der Waals surface area contributed by atoms with E-state index in [4.69, 9.17) is 9.47 Å². The average Bonchev–Trinajstić information content (AvgIpc) is 3.47. The second kappa shape index (κ2) is 15.6. The number of fused-ring (bicyclic) bond motifs is 1. The number of ether oxygens (including phenoxy) is 2. The van der Waals surface area contributed by atoms with Crippen LogP contribution in [0.2, 0.25) is 0 Å². The number of non-ortho nitro benzene ring substituents is 1. The molecule has 11 nitrogen and oxygen atoms in total. The van der Waals surface area contributed by atoms with Crippen molar-refractivity contribution in [3.8, 4) is 11.1 Å². The van der Waals surface area contributed by atoms with Gasteiger partial charge in [0.15, 0.2) is 6.29 Å². The number of aliphatic hydroxyl groups is 1. The lowest BCUT2D eigenvalue weighted by Crippen LogP contribution is -2.51. The maximum atomic E-state index is 13.2. The number of benzene rings is 5. The number of aliphatic hydroxyl groups excluding tert-OH is 1. The topological polar surface area (TPSA) is 126 Å². The van der Waals surface area contributed by atoms with Crippen LogP contribution in [0.1, 0.15) is 62.3 Å². The molecule has 3 aliphatic rings. The number of nitro benzene ring substituents is 1. The number of nitrogens with zero attached hydrogens (tertiary/aromatic N) is 4. The van der Waals surface area contributed by atoms with Gasteiger partial charge in [0.05, 0.1) is 41.4 Å². The summed E-state index contributed by atoms with van der Waals surface area (Å²) in [5.41, 5.74) is 7.39. The van der Waals surface area contributed by atoms with Gasteiger partial charge in [-0.2, -0.15) is 0 Å². The predicted molar refractivity (Wildman–Crippen MR) is 207 cm³/mol. The SMILES string of the molecule is CC1C(CN2CCN(c3ccc([N+](=O)[O-])cc3)CC2)OC(c2ccc(-c3ccccc3CN3C(=O)c4ccccc4C3=O)cc2)OC1c1ccc(CO)cc1. The van der Waals surface area contributed by atoms with E-state index in [1.54, 1.807) is 36.4 Å². The molecule has 3 aliphatic heterocycles. The molecule has 0 radical (unpaired) electrons. The fraction of sp³-hybridized carbons (Fsp3) is 0.273. The lowest BCUT2D eigenvalue weighted by atomic mass is 9.89. The number of carbonyl (C=O) groups excluding carboxylic acids is 2. The normalized spacial score (nSPS) is 21.5. The molecule has 2 amide bonds.